The average Bonchev–Trinajstić information content (AvgIpc) is 2.35. The Morgan fingerprint density at radius 1 is 1.33 bits per heavy atom. The van der Waals surface area contributed by atoms with Gasteiger partial charge in [0.2, 0.25) is 0 Å². The lowest BCUT2D eigenvalue weighted by molar-refractivity contribution is 0.0940. The first-order valence-corrected chi connectivity index (χ1v) is 6.55. The van der Waals surface area contributed by atoms with E-state index in [1.165, 1.54) is 5.56 Å². The van der Waals surface area contributed by atoms with Gasteiger partial charge in [-0.15, -0.1) is 0 Å². The van der Waals surface area contributed by atoms with Crippen LogP contribution >= 0.6 is 12.2 Å². The van der Waals surface area contributed by atoms with E-state index in [1.54, 1.807) is 0 Å². The van der Waals surface area contributed by atoms with Crippen LogP contribution in [0.4, 0.5) is 0 Å². The molecule has 1 amide bonds. The van der Waals surface area contributed by atoms with Gasteiger partial charge in [-0.05, 0) is 30.0 Å². The van der Waals surface area contributed by atoms with E-state index in [9.17, 15) is 4.79 Å². The molecule has 18 heavy (non-hydrogen) atoms. The van der Waals surface area contributed by atoms with Crippen LogP contribution in [0, 0.1) is 5.92 Å². The molecule has 0 fully saturated rings. The molecule has 0 aliphatic carbocycles. The van der Waals surface area contributed by atoms with Crippen LogP contribution in [0.3, 0.4) is 0 Å². The van der Waals surface area contributed by atoms with Crippen LogP contribution in [0.1, 0.15) is 36.7 Å². The Morgan fingerprint density at radius 2 is 1.89 bits per heavy atom. The van der Waals surface area contributed by atoms with Gasteiger partial charge in [0.1, 0.15) is 0 Å². The van der Waals surface area contributed by atoms with Gasteiger partial charge in [-0.3, -0.25) is 4.79 Å². The molecule has 1 unspecified atom stereocenters. The number of carbonyl (C=O) groups is 1. The quantitative estimate of drug-likeness (QED) is 0.802. The van der Waals surface area contributed by atoms with Gasteiger partial charge in [0, 0.05) is 5.56 Å². The second kappa shape index (κ2) is 6.50. The number of benzene rings is 1. The summed E-state index contributed by atoms with van der Waals surface area (Å²) in [5, 5.41) is 2.86. The number of amides is 1. The maximum atomic E-state index is 12.0. The standard InChI is InChI=1S/C14H20N2OS/c1-4-10-5-7-11(8-6-10)14(17)16-12(9(2)3)13(15)18/h5-9,12H,4H2,1-3H3,(H2,15,18)(H,16,17). The van der Waals surface area contributed by atoms with Crippen LogP contribution in [0.5, 0.6) is 0 Å². The second-order valence-corrected chi connectivity index (χ2v) is 5.12. The molecule has 1 rings (SSSR count). The predicted octanol–water partition coefficient (Wildman–Crippen LogP) is 2.29. The molecule has 0 aliphatic rings. The number of nitrogens with two attached hydrogens (primary N) is 1. The van der Waals surface area contributed by atoms with Gasteiger partial charge in [-0.1, -0.05) is 45.1 Å². The Labute approximate surface area is 114 Å². The zero-order valence-corrected chi connectivity index (χ0v) is 11.9. The molecule has 0 aromatic heterocycles. The van der Waals surface area contributed by atoms with Gasteiger partial charge < -0.3 is 11.1 Å². The topological polar surface area (TPSA) is 55.1 Å². The van der Waals surface area contributed by atoms with E-state index < -0.39 is 0 Å². The summed E-state index contributed by atoms with van der Waals surface area (Å²) >= 11 is 4.96. The first kappa shape index (κ1) is 14.6. The summed E-state index contributed by atoms with van der Waals surface area (Å²) in [6.45, 7) is 6.03. The molecule has 1 atom stereocenters. The highest BCUT2D eigenvalue weighted by Crippen LogP contribution is 2.07. The smallest absolute Gasteiger partial charge is 0.251 e. The van der Waals surface area contributed by atoms with Crippen molar-refractivity contribution in [1.82, 2.24) is 5.32 Å². The van der Waals surface area contributed by atoms with Gasteiger partial charge in [0.25, 0.3) is 5.91 Å². The van der Waals surface area contributed by atoms with Gasteiger partial charge in [0.05, 0.1) is 11.0 Å². The summed E-state index contributed by atoms with van der Waals surface area (Å²) < 4.78 is 0. The van der Waals surface area contributed by atoms with Crippen molar-refractivity contribution in [2.45, 2.75) is 33.2 Å². The lowest BCUT2D eigenvalue weighted by Crippen LogP contribution is -2.46. The molecule has 0 heterocycles. The van der Waals surface area contributed by atoms with E-state index in [0.29, 0.717) is 10.6 Å². The fourth-order valence-corrected chi connectivity index (χ4v) is 2.01. The lowest BCUT2D eigenvalue weighted by Gasteiger charge is -2.21. The SMILES string of the molecule is CCc1ccc(C(=O)NC(C(N)=S)C(C)C)cc1. The minimum Gasteiger partial charge on any atom is -0.392 e. The van der Waals surface area contributed by atoms with Gasteiger partial charge >= 0.3 is 0 Å². The Kier molecular flexibility index (Phi) is 5.28. The minimum atomic E-state index is -0.265. The summed E-state index contributed by atoms with van der Waals surface area (Å²) in [5.41, 5.74) is 7.47. The maximum absolute atomic E-state index is 12.0. The van der Waals surface area contributed by atoms with Crippen molar-refractivity contribution >= 4 is 23.1 Å². The van der Waals surface area contributed by atoms with Crippen molar-refractivity contribution in [3.8, 4) is 0 Å². The van der Waals surface area contributed by atoms with Crippen LogP contribution in [0.25, 0.3) is 0 Å². The zero-order valence-electron chi connectivity index (χ0n) is 11.1. The van der Waals surface area contributed by atoms with Crippen LogP contribution in [0.15, 0.2) is 24.3 Å². The van der Waals surface area contributed by atoms with Crippen molar-refractivity contribution in [2.75, 3.05) is 0 Å². The fraction of sp³-hybridized carbons (Fsp3) is 0.429. The maximum Gasteiger partial charge on any atom is 0.251 e. The molecule has 1 aromatic rings. The molecular weight excluding hydrogens is 244 g/mol. The normalized spacial score (nSPS) is 12.2. The summed E-state index contributed by atoms with van der Waals surface area (Å²) in [4.78, 5) is 12.4. The minimum absolute atomic E-state index is 0.135. The van der Waals surface area contributed by atoms with Gasteiger partial charge in [0.15, 0.2) is 0 Å². The summed E-state index contributed by atoms with van der Waals surface area (Å²) in [5.74, 6) is 0.0468. The average molecular weight is 264 g/mol. The fourth-order valence-electron chi connectivity index (χ4n) is 1.68. The summed E-state index contributed by atoms with van der Waals surface area (Å²) in [7, 11) is 0. The third kappa shape index (κ3) is 3.81. The summed E-state index contributed by atoms with van der Waals surface area (Å²) in [6, 6.07) is 7.30. The second-order valence-electron chi connectivity index (χ2n) is 4.65. The third-order valence-electron chi connectivity index (χ3n) is 2.88. The molecule has 0 radical (unpaired) electrons. The Hall–Kier alpha value is -1.42. The van der Waals surface area contributed by atoms with Crippen molar-refractivity contribution in [2.24, 2.45) is 11.7 Å². The molecule has 0 aliphatic heterocycles. The lowest BCUT2D eigenvalue weighted by atomic mass is 10.0. The highest BCUT2D eigenvalue weighted by molar-refractivity contribution is 7.80. The van der Waals surface area contributed by atoms with E-state index >= 15 is 0 Å². The van der Waals surface area contributed by atoms with Crippen LogP contribution in [0.2, 0.25) is 0 Å². The van der Waals surface area contributed by atoms with Crippen molar-refractivity contribution in [3.05, 3.63) is 35.4 Å². The van der Waals surface area contributed by atoms with E-state index in [1.807, 2.05) is 38.1 Å². The van der Waals surface area contributed by atoms with E-state index in [4.69, 9.17) is 18.0 Å². The Bertz CT molecular complexity index is 426. The number of hydrogen-bond acceptors (Lipinski definition) is 2. The zero-order chi connectivity index (χ0) is 13.7. The van der Waals surface area contributed by atoms with Crippen molar-refractivity contribution < 1.29 is 4.79 Å². The molecule has 3 nitrogen and oxygen atoms in total. The Balaban J connectivity index is 2.77. The highest BCUT2D eigenvalue weighted by Gasteiger charge is 2.19. The molecule has 4 heteroatoms. The van der Waals surface area contributed by atoms with E-state index in [2.05, 4.69) is 12.2 Å². The van der Waals surface area contributed by atoms with Crippen molar-refractivity contribution in [1.29, 1.82) is 0 Å². The van der Waals surface area contributed by atoms with Crippen molar-refractivity contribution in [3.63, 3.8) is 0 Å². The molecular formula is C14H20N2OS. The molecule has 0 saturated carbocycles. The van der Waals surface area contributed by atoms with Crippen LogP contribution in [-0.2, 0) is 6.42 Å². The largest absolute Gasteiger partial charge is 0.392 e. The van der Waals surface area contributed by atoms with E-state index in [0.717, 1.165) is 6.42 Å². The third-order valence-corrected chi connectivity index (χ3v) is 3.14. The molecule has 0 saturated heterocycles. The number of aryl methyl sites for hydroxylation is 1. The number of hydrogen-bond donors (Lipinski definition) is 2. The first-order chi connectivity index (χ1) is 8.45. The molecule has 1 aromatic carbocycles. The van der Waals surface area contributed by atoms with Crippen LogP contribution < -0.4 is 11.1 Å². The number of carbonyl (C=O) groups excluding carboxylic acids is 1. The predicted molar refractivity (Wildman–Crippen MR) is 78.7 cm³/mol. The monoisotopic (exact) mass is 264 g/mol. The molecule has 3 N–H and O–H groups in total. The molecule has 98 valence electrons. The Morgan fingerprint density at radius 3 is 2.28 bits per heavy atom. The highest BCUT2D eigenvalue weighted by atomic mass is 32.1. The number of rotatable bonds is 5. The van der Waals surface area contributed by atoms with E-state index in [-0.39, 0.29) is 17.9 Å². The number of nitrogens with one attached hydrogen (secondary N) is 1. The van der Waals surface area contributed by atoms with Crippen LogP contribution in [-0.4, -0.2) is 16.9 Å². The first-order valence-electron chi connectivity index (χ1n) is 6.14. The number of thiocarbonyl (C=S) groups is 1. The van der Waals surface area contributed by atoms with Gasteiger partial charge in [-0.25, -0.2) is 0 Å². The summed E-state index contributed by atoms with van der Waals surface area (Å²) in [6.07, 6.45) is 0.962. The molecule has 0 bridgehead atoms. The van der Waals surface area contributed by atoms with Gasteiger partial charge in [-0.2, -0.15) is 0 Å². The molecule has 0 spiro atoms.